The molecule has 0 unspecified atom stereocenters. The lowest BCUT2D eigenvalue weighted by Gasteiger charge is -2.23. The van der Waals surface area contributed by atoms with Crippen molar-refractivity contribution in [2.45, 2.75) is 19.5 Å². The van der Waals surface area contributed by atoms with Crippen LogP contribution in [0, 0.1) is 0 Å². The molecule has 0 bridgehead atoms. The Bertz CT molecular complexity index is 746. The van der Waals surface area contributed by atoms with Gasteiger partial charge in [0.05, 0.1) is 11.7 Å². The van der Waals surface area contributed by atoms with Crippen molar-refractivity contribution in [3.8, 4) is 5.75 Å². The van der Waals surface area contributed by atoms with Gasteiger partial charge in [-0.25, -0.2) is 4.79 Å². The lowest BCUT2D eigenvalue weighted by molar-refractivity contribution is -0.118. The molecule has 1 aliphatic rings. The molecule has 1 aliphatic heterocycles. The summed E-state index contributed by atoms with van der Waals surface area (Å²) in [4.78, 5) is 25.4. The Morgan fingerprint density at radius 1 is 1.46 bits per heavy atom. The summed E-state index contributed by atoms with van der Waals surface area (Å²) in [6.07, 6.45) is 0. The van der Waals surface area contributed by atoms with Crippen LogP contribution >= 0.6 is 11.3 Å². The molecule has 1 aromatic heterocycles. The fourth-order valence-electron chi connectivity index (χ4n) is 2.48. The predicted octanol–water partition coefficient (Wildman–Crippen LogP) is 2.98. The molecular weight excluding hydrogens is 326 g/mol. The molecule has 0 saturated carbocycles. The van der Waals surface area contributed by atoms with Crippen LogP contribution in [0.2, 0.25) is 0 Å². The van der Waals surface area contributed by atoms with Gasteiger partial charge < -0.3 is 20.3 Å². The molecule has 0 aliphatic carbocycles. The summed E-state index contributed by atoms with van der Waals surface area (Å²) in [5.74, 6) is 0.471. The molecule has 3 rings (SSSR count). The first-order chi connectivity index (χ1) is 11.5. The van der Waals surface area contributed by atoms with Crippen molar-refractivity contribution in [1.82, 2.24) is 10.2 Å². The first-order valence-electron chi connectivity index (χ1n) is 7.62. The minimum Gasteiger partial charge on any atom is -0.482 e. The molecule has 2 heterocycles. The SMILES string of the molecule is C[C@H](NC(=O)N(C)Cc1ccsc1)c1ccc2c(c1)NC(=O)CO2. The Labute approximate surface area is 144 Å². The molecule has 24 heavy (non-hydrogen) atoms. The maximum absolute atomic E-state index is 12.3. The quantitative estimate of drug-likeness (QED) is 0.895. The van der Waals surface area contributed by atoms with E-state index < -0.39 is 0 Å². The molecule has 2 N–H and O–H groups in total. The number of ether oxygens (including phenoxy) is 1. The van der Waals surface area contributed by atoms with Crippen LogP contribution < -0.4 is 15.4 Å². The smallest absolute Gasteiger partial charge is 0.317 e. The van der Waals surface area contributed by atoms with E-state index in [1.165, 1.54) is 0 Å². The van der Waals surface area contributed by atoms with Gasteiger partial charge in [-0.05, 0) is 47.0 Å². The average Bonchev–Trinajstić information content (AvgIpc) is 3.06. The highest BCUT2D eigenvalue weighted by Gasteiger charge is 2.19. The minimum atomic E-state index is -0.188. The maximum atomic E-state index is 12.3. The van der Waals surface area contributed by atoms with E-state index in [2.05, 4.69) is 10.6 Å². The standard InChI is InChI=1S/C17H19N3O3S/c1-11(18-17(22)20(2)8-12-5-6-24-10-12)13-3-4-15-14(7-13)19-16(21)9-23-15/h3-7,10-11H,8-9H2,1-2H3,(H,18,22)(H,19,21)/t11-/m0/s1. The first-order valence-corrected chi connectivity index (χ1v) is 8.56. The summed E-state index contributed by atoms with van der Waals surface area (Å²) in [5.41, 5.74) is 2.65. The molecule has 6 nitrogen and oxygen atoms in total. The Morgan fingerprint density at radius 2 is 2.29 bits per heavy atom. The molecule has 3 amide bonds. The van der Waals surface area contributed by atoms with Crippen molar-refractivity contribution >= 4 is 29.0 Å². The van der Waals surface area contributed by atoms with Crippen LogP contribution in [0.15, 0.2) is 35.0 Å². The molecule has 1 atom stereocenters. The zero-order valence-corrected chi connectivity index (χ0v) is 14.4. The van der Waals surface area contributed by atoms with E-state index in [1.807, 2.05) is 41.9 Å². The van der Waals surface area contributed by atoms with E-state index in [0.29, 0.717) is 18.0 Å². The molecule has 0 spiro atoms. The lowest BCUT2D eigenvalue weighted by Crippen LogP contribution is -2.38. The molecule has 0 radical (unpaired) electrons. The van der Waals surface area contributed by atoms with Crippen LogP contribution in [0.3, 0.4) is 0 Å². The number of nitrogens with zero attached hydrogens (tertiary/aromatic N) is 1. The number of hydrogen-bond acceptors (Lipinski definition) is 4. The average molecular weight is 345 g/mol. The number of nitrogens with one attached hydrogen (secondary N) is 2. The third kappa shape index (κ3) is 3.68. The molecule has 2 aromatic rings. The van der Waals surface area contributed by atoms with E-state index in [-0.39, 0.29) is 24.6 Å². The Kier molecular flexibility index (Phi) is 4.71. The number of thiophene rings is 1. The molecule has 7 heteroatoms. The van der Waals surface area contributed by atoms with Gasteiger partial charge in [0.25, 0.3) is 5.91 Å². The topological polar surface area (TPSA) is 70.7 Å². The second-order valence-electron chi connectivity index (χ2n) is 5.75. The number of urea groups is 1. The van der Waals surface area contributed by atoms with Gasteiger partial charge in [-0.1, -0.05) is 6.07 Å². The maximum Gasteiger partial charge on any atom is 0.317 e. The summed E-state index contributed by atoms with van der Waals surface area (Å²) >= 11 is 1.61. The number of carbonyl (C=O) groups excluding carboxylic acids is 2. The summed E-state index contributed by atoms with van der Waals surface area (Å²) in [6.45, 7) is 2.51. The Hall–Kier alpha value is -2.54. The summed E-state index contributed by atoms with van der Waals surface area (Å²) < 4.78 is 5.34. The monoisotopic (exact) mass is 345 g/mol. The van der Waals surface area contributed by atoms with Crippen LogP contribution in [0.4, 0.5) is 10.5 Å². The van der Waals surface area contributed by atoms with Gasteiger partial charge in [-0.3, -0.25) is 4.79 Å². The fourth-order valence-corrected chi connectivity index (χ4v) is 3.14. The van der Waals surface area contributed by atoms with Crippen molar-refractivity contribution < 1.29 is 14.3 Å². The molecule has 0 fully saturated rings. The van der Waals surface area contributed by atoms with Crippen LogP contribution in [-0.2, 0) is 11.3 Å². The highest BCUT2D eigenvalue weighted by atomic mass is 32.1. The molecular formula is C17H19N3O3S. The second-order valence-corrected chi connectivity index (χ2v) is 6.53. The van der Waals surface area contributed by atoms with Gasteiger partial charge in [0.1, 0.15) is 5.75 Å². The Morgan fingerprint density at radius 3 is 3.04 bits per heavy atom. The predicted molar refractivity (Wildman–Crippen MR) is 93.3 cm³/mol. The number of hydrogen-bond donors (Lipinski definition) is 2. The summed E-state index contributed by atoms with van der Waals surface area (Å²) in [6, 6.07) is 7.20. The molecule has 126 valence electrons. The Balaban J connectivity index is 1.64. The zero-order chi connectivity index (χ0) is 17.1. The van der Waals surface area contributed by atoms with Gasteiger partial charge in [0, 0.05) is 13.6 Å². The summed E-state index contributed by atoms with van der Waals surface area (Å²) in [5, 5.41) is 9.76. The van der Waals surface area contributed by atoms with E-state index in [1.54, 1.807) is 23.3 Å². The third-order valence-corrected chi connectivity index (χ3v) is 4.56. The highest BCUT2D eigenvalue weighted by Crippen LogP contribution is 2.30. The van der Waals surface area contributed by atoms with Gasteiger partial charge in [-0.15, -0.1) is 0 Å². The number of anilines is 1. The fraction of sp³-hybridized carbons (Fsp3) is 0.294. The number of carbonyl (C=O) groups is 2. The summed E-state index contributed by atoms with van der Waals surface area (Å²) in [7, 11) is 1.76. The zero-order valence-electron chi connectivity index (χ0n) is 13.5. The van der Waals surface area contributed by atoms with Crippen molar-refractivity contribution in [2.24, 2.45) is 0 Å². The molecule has 1 aromatic carbocycles. The van der Waals surface area contributed by atoms with Crippen molar-refractivity contribution in [3.63, 3.8) is 0 Å². The van der Waals surface area contributed by atoms with Crippen molar-refractivity contribution in [2.75, 3.05) is 19.0 Å². The number of fused-ring (bicyclic) bond motifs is 1. The highest BCUT2D eigenvalue weighted by molar-refractivity contribution is 7.07. The van der Waals surface area contributed by atoms with Gasteiger partial charge in [0.2, 0.25) is 0 Å². The number of benzene rings is 1. The van der Waals surface area contributed by atoms with Crippen molar-refractivity contribution in [3.05, 3.63) is 46.2 Å². The van der Waals surface area contributed by atoms with E-state index in [0.717, 1.165) is 11.1 Å². The number of rotatable bonds is 4. The minimum absolute atomic E-state index is 0.0337. The van der Waals surface area contributed by atoms with Crippen LogP contribution in [0.5, 0.6) is 5.75 Å². The van der Waals surface area contributed by atoms with Crippen LogP contribution in [0.25, 0.3) is 0 Å². The van der Waals surface area contributed by atoms with Gasteiger partial charge in [-0.2, -0.15) is 11.3 Å². The largest absolute Gasteiger partial charge is 0.482 e. The second kappa shape index (κ2) is 6.92. The first kappa shape index (κ1) is 16.3. The van der Waals surface area contributed by atoms with Crippen LogP contribution in [0.1, 0.15) is 24.1 Å². The van der Waals surface area contributed by atoms with E-state index >= 15 is 0 Å². The normalized spacial score (nSPS) is 14.2. The van der Waals surface area contributed by atoms with E-state index in [9.17, 15) is 9.59 Å². The number of amides is 3. The van der Waals surface area contributed by atoms with Crippen molar-refractivity contribution in [1.29, 1.82) is 0 Å². The third-order valence-electron chi connectivity index (χ3n) is 3.82. The van der Waals surface area contributed by atoms with Gasteiger partial charge >= 0.3 is 6.03 Å². The lowest BCUT2D eigenvalue weighted by atomic mass is 10.1. The van der Waals surface area contributed by atoms with E-state index in [4.69, 9.17) is 4.74 Å². The molecule has 0 saturated heterocycles. The van der Waals surface area contributed by atoms with Crippen LogP contribution in [-0.4, -0.2) is 30.5 Å². The van der Waals surface area contributed by atoms with Gasteiger partial charge in [0.15, 0.2) is 6.61 Å².